The molecule has 4 amide bonds. The van der Waals surface area contributed by atoms with Crippen LogP contribution in [-0.2, 0) is 15.1 Å². The third-order valence-corrected chi connectivity index (χ3v) is 4.16. The minimum absolute atomic E-state index is 0. The smallest absolute Gasteiger partial charge is 0.325 e. The van der Waals surface area contributed by atoms with Crippen molar-refractivity contribution in [3.05, 3.63) is 35.4 Å². The number of urea groups is 1. The molecule has 0 saturated carbocycles. The summed E-state index contributed by atoms with van der Waals surface area (Å²) in [5.74, 6) is -0.780. The molecule has 1 fully saturated rings. The van der Waals surface area contributed by atoms with Gasteiger partial charge in [-0.1, -0.05) is 29.8 Å². The number of hydrogen-bond acceptors (Lipinski definition) is 4. The van der Waals surface area contributed by atoms with Crippen LogP contribution in [0.2, 0.25) is 0 Å². The van der Waals surface area contributed by atoms with Crippen LogP contribution < -0.4 is 16.4 Å². The lowest BCUT2D eigenvalue weighted by Gasteiger charge is -2.22. The largest absolute Gasteiger partial charge is 0.355 e. The number of aryl methyl sites for hydroxylation is 1. The van der Waals surface area contributed by atoms with E-state index in [-0.39, 0.29) is 24.9 Å². The Balaban J connectivity index is 0.00000312. The zero-order valence-electron chi connectivity index (χ0n) is 14.5. The van der Waals surface area contributed by atoms with Gasteiger partial charge in [0, 0.05) is 6.54 Å². The lowest BCUT2D eigenvalue weighted by Crippen LogP contribution is -2.43. The first kappa shape index (κ1) is 20.9. The molecule has 25 heavy (non-hydrogen) atoms. The average molecular weight is 369 g/mol. The summed E-state index contributed by atoms with van der Waals surface area (Å²) in [7, 11) is 0. The maximum atomic E-state index is 12.7. The number of nitrogens with zero attached hydrogens (tertiary/aromatic N) is 1. The second-order valence-corrected chi connectivity index (χ2v) is 6.16. The number of hydrogen-bond donors (Lipinski definition) is 3. The number of carbonyl (C=O) groups excluding carboxylic acids is 3. The number of unbranched alkanes of at least 4 members (excludes halogenated alkanes) is 1. The minimum atomic E-state index is -1.15. The normalized spacial score (nSPS) is 19.4. The fourth-order valence-electron chi connectivity index (χ4n) is 2.62. The topological polar surface area (TPSA) is 105 Å². The Morgan fingerprint density at radius 1 is 1.24 bits per heavy atom. The third-order valence-electron chi connectivity index (χ3n) is 4.16. The molecule has 1 aliphatic heterocycles. The molecule has 138 valence electrons. The van der Waals surface area contributed by atoms with Crippen LogP contribution in [0.4, 0.5) is 4.79 Å². The van der Waals surface area contributed by atoms with Crippen molar-refractivity contribution < 1.29 is 14.4 Å². The van der Waals surface area contributed by atoms with E-state index in [0.717, 1.165) is 23.3 Å². The number of halogens is 1. The van der Waals surface area contributed by atoms with E-state index in [2.05, 4.69) is 10.6 Å². The molecular weight excluding hydrogens is 344 g/mol. The molecule has 1 aromatic rings. The summed E-state index contributed by atoms with van der Waals surface area (Å²) < 4.78 is 0. The first-order valence-corrected chi connectivity index (χ1v) is 8.06. The Labute approximate surface area is 153 Å². The summed E-state index contributed by atoms with van der Waals surface area (Å²) in [6.07, 6.45) is 1.58. The number of nitrogens with one attached hydrogen (secondary N) is 2. The van der Waals surface area contributed by atoms with E-state index < -0.39 is 17.5 Å². The first-order chi connectivity index (χ1) is 11.4. The second-order valence-electron chi connectivity index (χ2n) is 6.16. The standard InChI is InChI=1S/C17H24N4O3.ClH/c1-12-5-7-13(8-6-12)17(2)15(23)21(16(24)20-17)11-14(22)19-10-4-3-9-18;/h5-8H,3-4,9-11,18H2,1-2H3,(H,19,22)(H,20,24);1H. The minimum Gasteiger partial charge on any atom is -0.355 e. The summed E-state index contributed by atoms with van der Waals surface area (Å²) in [6.45, 7) is 4.36. The highest BCUT2D eigenvalue weighted by atomic mass is 35.5. The van der Waals surface area contributed by atoms with Gasteiger partial charge < -0.3 is 16.4 Å². The van der Waals surface area contributed by atoms with Gasteiger partial charge in [0.2, 0.25) is 5.91 Å². The Bertz CT molecular complexity index is 635. The molecule has 2 rings (SSSR count). The molecule has 1 saturated heterocycles. The number of nitrogens with two attached hydrogens (primary N) is 1. The van der Waals surface area contributed by atoms with Crippen LogP contribution in [0.15, 0.2) is 24.3 Å². The van der Waals surface area contributed by atoms with Crippen molar-refractivity contribution in [2.75, 3.05) is 19.6 Å². The monoisotopic (exact) mass is 368 g/mol. The Morgan fingerprint density at radius 3 is 2.48 bits per heavy atom. The zero-order valence-corrected chi connectivity index (χ0v) is 15.3. The summed E-state index contributed by atoms with van der Waals surface area (Å²) >= 11 is 0. The van der Waals surface area contributed by atoms with Gasteiger partial charge in [0.1, 0.15) is 12.1 Å². The molecule has 0 radical (unpaired) electrons. The van der Waals surface area contributed by atoms with Gasteiger partial charge in [-0.15, -0.1) is 12.4 Å². The lowest BCUT2D eigenvalue weighted by molar-refractivity contribution is -0.134. The Morgan fingerprint density at radius 2 is 1.88 bits per heavy atom. The maximum Gasteiger partial charge on any atom is 0.325 e. The van der Waals surface area contributed by atoms with Crippen molar-refractivity contribution in [2.45, 2.75) is 32.2 Å². The molecule has 1 aliphatic rings. The van der Waals surface area contributed by atoms with E-state index in [1.807, 2.05) is 31.2 Å². The van der Waals surface area contributed by atoms with Crippen LogP contribution in [0, 0.1) is 6.92 Å². The number of carbonyl (C=O) groups is 3. The van der Waals surface area contributed by atoms with Crippen LogP contribution >= 0.6 is 12.4 Å². The van der Waals surface area contributed by atoms with Crippen LogP contribution in [0.3, 0.4) is 0 Å². The van der Waals surface area contributed by atoms with Crippen LogP contribution in [0.1, 0.15) is 30.9 Å². The lowest BCUT2D eigenvalue weighted by atomic mass is 9.91. The van der Waals surface area contributed by atoms with Gasteiger partial charge in [-0.05, 0) is 38.8 Å². The number of rotatable bonds is 7. The van der Waals surface area contributed by atoms with Gasteiger partial charge in [0.05, 0.1) is 0 Å². The van der Waals surface area contributed by atoms with E-state index in [9.17, 15) is 14.4 Å². The predicted molar refractivity (Wildman–Crippen MR) is 97.3 cm³/mol. The van der Waals surface area contributed by atoms with E-state index in [1.54, 1.807) is 6.92 Å². The molecule has 0 aromatic heterocycles. The summed E-state index contributed by atoms with van der Waals surface area (Å²) in [6, 6.07) is 6.83. The van der Waals surface area contributed by atoms with Gasteiger partial charge in [0.15, 0.2) is 0 Å². The van der Waals surface area contributed by atoms with Gasteiger partial charge in [-0.3, -0.25) is 14.5 Å². The fraction of sp³-hybridized carbons (Fsp3) is 0.471. The van der Waals surface area contributed by atoms with Gasteiger partial charge in [-0.25, -0.2) is 4.79 Å². The Hall–Kier alpha value is -2.12. The third kappa shape index (κ3) is 4.70. The molecule has 0 spiro atoms. The molecule has 1 unspecified atom stereocenters. The quantitative estimate of drug-likeness (QED) is 0.494. The summed E-state index contributed by atoms with van der Waals surface area (Å²) in [5.41, 5.74) is 6.00. The van der Waals surface area contributed by atoms with Crippen molar-refractivity contribution in [1.82, 2.24) is 15.5 Å². The van der Waals surface area contributed by atoms with E-state index in [0.29, 0.717) is 18.7 Å². The molecule has 1 aromatic carbocycles. The fourth-order valence-corrected chi connectivity index (χ4v) is 2.62. The van der Waals surface area contributed by atoms with Crippen molar-refractivity contribution in [1.29, 1.82) is 0 Å². The second kappa shape index (κ2) is 8.82. The van der Waals surface area contributed by atoms with Crippen molar-refractivity contribution in [2.24, 2.45) is 5.73 Å². The number of imide groups is 1. The van der Waals surface area contributed by atoms with Crippen LogP contribution in [0.25, 0.3) is 0 Å². The first-order valence-electron chi connectivity index (χ1n) is 8.06. The predicted octanol–water partition coefficient (Wildman–Crippen LogP) is 1.04. The summed E-state index contributed by atoms with van der Waals surface area (Å²) in [4.78, 5) is 37.7. The molecule has 1 heterocycles. The zero-order chi connectivity index (χ0) is 17.7. The molecule has 8 heteroatoms. The Kier molecular flexibility index (Phi) is 7.38. The highest BCUT2D eigenvalue weighted by Crippen LogP contribution is 2.28. The van der Waals surface area contributed by atoms with Crippen LogP contribution in [0.5, 0.6) is 0 Å². The van der Waals surface area contributed by atoms with E-state index in [4.69, 9.17) is 5.73 Å². The molecule has 4 N–H and O–H groups in total. The summed E-state index contributed by atoms with van der Waals surface area (Å²) in [5, 5.41) is 5.38. The van der Waals surface area contributed by atoms with Crippen molar-refractivity contribution >= 4 is 30.3 Å². The SMILES string of the molecule is Cc1ccc(C2(C)NC(=O)N(CC(=O)NCCCCN)C2=O)cc1.Cl. The van der Waals surface area contributed by atoms with Crippen molar-refractivity contribution in [3.63, 3.8) is 0 Å². The van der Waals surface area contributed by atoms with Gasteiger partial charge >= 0.3 is 6.03 Å². The van der Waals surface area contributed by atoms with E-state index in [1.165, 1.54) is 0 Å². The highest BCUT2D eigenvalue weighted by molar-refractivity contribution is 6.09. The average Bonchev–Trinajstić information content (AvgIpc) is 2.76. The van der Waals surface area contributed by atoms with E-state index >= 15 is 0 Å². The highest BCUT2D eigenvalue weighted by Gasteiger charge is 2.49. The van der Waals surface area contributed by atoms with Gasteiger partial charge in [-0.2, -0.15) is 0 Å². The molecular formula is C17H25ClN4O3. The molecule has 7 nitrogen and oxygen atoms in total. The van der Waals surface area contributed by atoms with Crippen molar-refractivity contribution in [3.8, 4) is 0 Å². The maximum absolute atomic E-state index is 12.7. The van der Waals surface area contributed by atoms with Crippen LogP contribution in [-0.4, -0.2) is 42.4 Å². The molecule has 0 aliphatic carbocycles. The number of amides is 4. The molecule has 0 bridgehead atoms. The molecule has 1 atom stereocenters. The number of benzene rings is 1. The van der Waals surface area contributed by atoms with Gasteiger partial charge in [0.25, 0.3) is 5.91 Å².